The molecule has 0 atom stereocenters. The van der Waals surface area contributed by atoms with Gasteiger partial charge in [-0.2, -0.15) is 13.2 Å². The molecule has 0 spiro atoms. The van der Waals surface area contributed by atoms with Gasteiger partial charge in [0.2, 0.25) is 0 Å². The second-order valence-corrected chi connectivity index (χ2v) is 5.03. The third-order valence-corrected chi connectivity index (χ3v) is 3.53. The Hall–Kier alpha value is -1.20. The Kier molecular flexibility index (Phi) is 3.82. The highest BCUT2D eigenvalue weighted by atomic mass is 35.5. The van der Waals surface area contributed by atoms with Crippen molar-refractivity contribution in [2.24, 2.45) is 0 Å². The summed E-state index contributed by atoms with van der Waals surface area (Å²) < 4.78 is 38.4. The molecule has 1 N–H and O–H groups in total. The minimum Gasteiger partial charge on any atom is -0.378 e. The van der Waals surface area contributed by atoms with Crippen LogP contribution < -0.4 is 5.32 Å². The maximum atomic E-state index is 12.8. The third-order valence-electron chi connectivity index (χ3n) is 2.34. The summed E-state index contributed by atoms with van der Waals surface area (Å²) in [5, 5.41) is 4.69. The molecule has 18 heavy (non-hydrogen) atoms. The Bertz CT molecular complexity index is 523. The maximum absolute atomic E-state index is 12.8. The summed E-state index contributed by atoms with van der Waals surface area (Å²) in [6.07, 6.45) is -4.41. The Balaban J connectivity index is 2.26. The van der Waals surface area contributed by atoms with Crippen LogP contribution in [-0.2, 0) is 12.7 Å². The van der Waals surface area contributed by atoms with Crippen molar-refractivity contribution in [2.75, 3.05) is 5.32 Å². The molecule has 1 aromatic heterocycles. The van der Waals surface area contributed by atoms with E-state index in [4.69, 9.17) is 11.6 Å². The molecule has 1 nitrogen and oxygen atoms in total. The average molecular weight is 292 g/mol. The first kappa shape index (κ1) is 13.2. The van der Waals surface area contributed by atoms with Crippen molar-refractivity contribution in [1.82, 2.24) is 0 Å². The Morgan fingerprint density at radius 3 is 2.56 bits per heavy atom. The fraction of sp³-hybridized carbons (Fsp3) is 0.167. The molecule has 2 aromatic rings. The minimum atomic E-state index is -4.41. The Labute approximate surface area is 111 Å². The van der Waals surface area contributed by atoms with E-state index in [1.165, 1.54) is 23.5 Å². The molecule has 0 unspecified atom stereocenters. The van der Waals surface area contributed by atoms with Gasteiger partial charge in [-0.3, -0.25) is 0 Å². The van der Waals surface area contributed by atoms with E-state index in [-0.39, 0.29) is 10.7 Å². The molecule has 96 valence electrons. The summed E-state index contributed by atoms with van der Waals surface area (Å²) in [4.78, 5) is 0.947. The summed E-state index contributed by atoms with van der Waals surface area (Å²) in [6, 6.07) is 7.44. The highest BCUT2D eigenvalue weighted by molar-refractivity contribution is 7.09. The van der Waals surface area contributed by atoms with Crippen LogP contribution in [0.2, 0.25) is 5.02 Å². The summed E-state index contributed by atoms with van der Waals surface area (Å²) >= 11 is 7.29. The predicted octanol–water partition coefficient (Wildman–Crippen LogP) is 5.03. The van der Waals surface area contributed by atoms with Crippen molar-refractivity contribution in [2.45, 2.75) is 12.7 Å². The zero-order chi connectivity index (χ0) is 13.2. The van der Waals surface area contributed by atoms with Crippen LogP contribution in [0.3, 0.4) is 0 Å². The number of hydrogen-bond acceptors (Lipinski definition) is 2. The number of halogens is 4. The summed E-state index contributed by atoms with van der Waals surface area (Å²) in [5.74, 6) is 0. The number of benzene rings is 1. The van der Waals surface area contributed by atoms with Gasteiger partial charge in [0.15, 0.2) is 0 Å². The van der Waals surface area contributed by atoms with Crippen LogP contribution in [0.1, 0.15) is 10.4 Å². The lowest BCUT2D eigenvalue weighted by Gasteiger charge is -2.15. The van der Waals surface area contributed by atoms with Gasteiger partial charge in [0.25, 0.3) is 0 Å². The first-order valence-electron chi connectivity index (χ1n) is 5.10. The normalized spacial score (nSPS) is 11.6. The molecule has 2 rings (SSSR count). The van der Waals surface area contributed by atoms with Gasteiger partial charge in [-0.05, 0) is 23.6 Å². The fourth-order valence-corrected chi connectivity index (χ4v) is 2.41. The van der Waals surface area contributed by atoms with E-state index in [2.05, 4.69) is 5.32 Å². The van der Waals surface area contributed by atoms with Crippen molar-refractivity contribution >= 4 is 28.6 Å². The lowest BCUT2D eigenvalue weighted by Crippen LogP contribution is -2.10. The molecule has 1 aromatic carbocycles. The van der Waals surface area contributed by atoms with E-state index in [1.54, 1.807) is 0 Å². The molecule has 0 aliphatic rings. The average Bonchev–Trinajstić information content (AvgIpc) is 2.78. The smallest absolute Gasteiger partial charge is 0.378 e. The van der Waals surface area contributed by atoms with Crippen LogP contribution in [0.5, 0.6) is 0 Å². The summed E-state index contributed by atoms with van der Waals surface area (Å²) in [6.45, 7) is 0.324. The first-order valence-corrected chi connectivity index (χ1v) is 6.36. The largest absolute Gasteiger partial charge is 0.418 e. The molecule has 0 amide bonds. The van der Waals surface area contributed by atoms with Gasteiger partial charge in [0.1, 0.15) is 0 Å². The minimum absolute atomic E-state index is 0.0694. The number of anilines is 1. The van der Waals surface area contributed by atoms with Crippen LogP contribution in [0.15, 0.2) is 35.7 Å². The molecule has 1 heterocycles. The lowest BCUT2D eigenvalue weighted by atomic mass is 10.1. The van der Waals surface area contributed by atoms with Crippen LogP contribution in [0.4, 0.5) is 18.9 Å². The van der Waals surface area contributed by atoms with Gasteiger partial charge in [0, 0.05) is 11.4 Å². The lowest BCUT2D eigenvalue weighted by molar-refractivity contribution is -0.136. The molecule has 0 aliphatic heterocycles. The number of thiophene rings is 1. The molecule has 0 bridgehead atoms. The second kappa shape index (κ2) is 5.20. The van der Waals surface area contributed by atoms with Gasteiger partial charge >= 0.3 is 6.18 Å². The Morgan fingerprint density at radius 1 is 1.17 bits per heavy atom. The van der Waals surface area contributed by atoms with E-state index in [0.29, 0.717) is 6.54 Å². The molecule has 0 saturated carbocycles. The third kappa shape index (κ3) is 2.97. The van der Waals surface area contributed by atoms with Gasteiger partial charge in [-0.1, -0.05) is 23.7 Å². The van der Waals surface area contributed by atoms with E-state index in [0.717, 1.165) is 10.9 Å². The molecular formula is C12H9ClF3NS. The molecule has 0 aliphatic carbocycles. The van der Waals surface area contributed by atoms with Crippen molar-refractivity contribution < 1.29 is 13.2 Å². The van der Waals surface area contributed by atoms with E-state index < -0.39 is 11.7 Å². The van der Waals surface area contributed by atoms with Crippen molar-refractivity contribution in [1.29, 1.82) is 0 Å². The van der Waals surface area contributed by atoms with Crippen LogP contribution in [-0.4, -0.2) is 0 Å². The summed E-state index contributed by atoms with van der Waals surface area (Å²) in [7, 11) is 0. The molecular weight excluding hydrogens is 283 g/mol. The SMILES string of the molecule is FC(F)(F)c1cccc(Cl)c1NCc1cccs1. The number of para-hydroxylation sites is 1. The van der Waals surface area contributed by atoms with Gasteiger partial charge in [-0.15, -0.1) is 11.3 Å². The van der Waals surface area contributed by atoms with E-state index >= 15 is 0 Å². The number of rotatable bonds is 3. The number of hydrogen-bond donors (Lipinski definition) is 1. The summed E-state index contributed by atoms with van der Waals surface area (Å²) in [5.41, 5.74) is -0.813. The van der Waals surface area contributed by atoms with Crippen LogP contribution >= 0.6 is 22.9 Å². The molecule has 0 fully saturated rings. The molecule has 6 heteroatoms. The Morgan fingerprint density at radius 2 is 1.94 bits per heavy atom. The fourth-order valence-electron chi connectivity index (χ4n) is 1.53. The van der Waals surface area contributed by atoms with E-state index in [9.17, 15) is 13.2 Å². The standard InChI is InChI=1S/C12H9ClF3NS/c13-10-5-1-4-9(12(14,15)16)11(10)17-7-8-3-2-6-18-8/h1-6,17H,7H2. The zero-order valence-electron chi connectivity index (χ0n) is 9.09. The zero-order valence-corrected chi connectivity index (χ0v) is 10.7. The quantitative estimate of drug-likeness (QED) is 0.836. The van der Waals surface area contributed by atoms with Gasteiger partial charge in [0.05, 0.1) is 16.3 Å². The first-order chi connectivity index (χ1) is 8.48. The topological polar surface area (TPSA) is 12.0 Å². The van der Waals surface area contributed by atoms with E-state index in [1.807, 2.05) is 17.5 Å². The van der Waals surface area contributed by atoms with Gasteiger partial charge in [-0.25, -0.2) is 0 Å². The highest BCUT2D eigenvalue weighted by Crippen LogP contribution is 2.38. The molecule has 0 radical (unpaired) electrons. The molecule has 0 saturated heterocycles. The monoisotopic (exact) mass is 291 g/mol. The highest BCUT2D eigenvalue weighted by Gasteiger charge is 2.34. The van der Waals surface area contributed by atoms with Gasteiger partial charge < -0.3 is 5.32 Å². The second-order valence-electron chi connectivity index (χ2n) is 3.59. The number of alkyl halides is 3. The maximum Gasteiger partial charge on any atom is 0.418 e. The van der Waals surface area contributed by atoms with Crippen LogP contribution in [0, 0.1) is 0 Å². The number of nitrogens with one attached hydrogen (secondary N) is 1. The van der Waals surface area contributed by atoms with Crippen molar-refractivity contribution in [3.05, 3.63) is 51.2 Å². The van der Waals surface area contributed by atoms with Crippen LogP contribution in [0.25, 0.3) is 0 Å². The predicted molar refractivity (Wildman–Crippen MR) is 68.1 cm³/mol. The van der Waals surface area contributed by atoms with Crippen molar-refractivity contribution in [3.63, 3.8) is 0 Å². The van der Waals surface area contributed by atoms with Crippen molar-refractivity contribution in [3.8, 4) is 0 Å².